The maximum Gasteiger partial charge on any atom is 0.120 e. The molecule has 1 aromatic carbocycles. The van der Waals surface area contributed by atoms with E-state index in [1.807, 2.05) is 26.0 Å². The van der Waals surface area contributed by atoms with Gasteiger partial charge in [0, 0.05) is 11.6 Å². The zero-order valence-corrected chi connectivity index (χ0v) is 9.90. The fourth-order valence-electron chi connectivity index (χ4n) is 1.90. The minimum Gasteiger partial charge on any atom is -0.489 e. The molecule has 0 saturated carbocycles. The molecule has 0 bridgehead atoms. The van der Waals surface area contributed by atoms with Crippen molar-refractivity contribution in [1.82, 2.24) is 5.32 Å². The van der Waals surface area contributed by atoms with E-state index in [4.69, 9.17) is 16.3 Å². The van der Waals surface area contributed by atoms with Gasteiger partial charge in [0.1, 0.15) is 11.9 Å². The van der Waals surface area contributed by atoms with Crippen LogP contribution in [0.25, 0.3) is 0 Å². The zero-order valence-electron chi connectivity index (χ0n) is 9.14. The Hall–Kier alpha value is -0.730. The van der Waals surface area contributed by atoms with Crippen molar-refractivity contribution in [3.8, 4) is 5.75 Å². The second-order valence-corrected chi connectivity index (χ2v) is 4.48. The Kier molecular flexibility index (Phi) is 3.17. The third kappa shape index (κ3) is 2.44. The lowest BCUT2D eigenvalue weighted by Crippen LogP contribution is -2.19. The molecule has 1 aliphatic rings. The van der Waals surface area contributed by atoms with Crippen LogP contribution in [0.15, 0.2) is 12.1 Å². The summed E-state index contributed by atoms with van der Waals surface area (Å²) in [6.07, 6.45) is 1.39. The van der Waals surface area contributed by atoms with Crippen molar-refractivity contribution >= 4 is 11.6 Å². The van der Waals surface area contributed by atoms with Crippen LogP contribution in [0.1, 0.15) is 17.5 Å². The van der Waals surface area contributed by atoms with Crippen LogP contribution in [-0.2, 0) is 0 Å². The minimum atomic E-state index is 0.310. The van der Waals surface area contributed by atoms with Crippen LogP contribution < -0.4 is 10.1 Å². The average molecular weight is 226 g/mol. The summed E-state index contributed by atoms with van der Waals surface area (Å²) in [5, 5.41) is 4.12. The topological polar surface area (TPSA) is 21.3 Å². The van der Waals surface area contributed by atoms with Crippen molar-refractivity contribution in [1.29, 1.82) is 0 Å². The number of benzene rings is 1. The van der Waals surface area contributed by atoms with Crippen LogP contribution in [-0.4, -0.2) is 19.2 Å². The maximum atomic E-state index is 6.10. The standard InChI is InChI=1S/C12H16ClNO/c1-8-5-11(6-9(2)12(8)13)15-10-3-4-14-7-10/h5-6,10,14H,3-4,7H2,1-2H3. The average Bonchev–Trinajstić information content (AvgIpc) is 2.66. The molecule has 1 fully saturated rings. The molecule has 0 aromatic heterocycles. The van der Waals surface area contributed by atoms with Crippen molar-refractivity contribution in [2.75, 3.05) is 13.1 Å². The van der Waals surface area contributed by atoms with Gasteiger partial charge in [-0.25, -0.2) is 0 Å². The SMILES string of the molecule is Cc1cc(OC2CCNC2)cc(C)c1Cl. The quantitative estimate of drug-likeness (QED) is 0.836. The van der Waals surface area contributed by atoms with E-state index >= 15 is 0 Å². The maximum absolute atomic E-state index is 6.10. The van der Waals surface area contributed by atoms with E-state index in [2.05, 4.69) is 5.32 Å². The monoisotopic (exact) mass is 225 g/mol. The number of hydrogen-bond donors (Lipinski definition) is 1. The van der Waals surface area contributed by atoms with Gasteiger partial charge in [0.05, 0.1) is 0 Å². The van der Waals surface area contributed by atoms with E-state index in [9.17, 15) is 0 Å². The first-order valence-corrected chi connectivity index (χ1v) is 5.69. The molecule has 1 heterocycles. The lowest BCUT2D eigenvalue weighted by atomic mass is 10.1. The zero-order chi connectivity index (χ0) is 10.8. The van der Waals surface area contributed by atoms with Gasteiger partial charge in [-0.3, -0.25) is 0 Å². The van der Waals surface area contributed by atoms with Gasteiger partial charge in [0.15, 0.2) is 0 Å². The van der Waals surface area contributed by atoms with Crippen molar-refractivity contribution in [2.24, 2.45) is 0 Å². The first-order chi connectivity index (χ1) is 7.16. The summed E-state index contributed by atoms with van der Waals surface area (Å²) >= 11 is 6.10. The highest BCUT2D eigenvalue weighted by Crippen LogP contribution is 2.26. The Bertz CT molecular complexity index is 336. The van der Waals surface area contributed by atoms with Crippen LogP contribution in [0.2, 0.25) is 5.02 Å². The molecule has 1 aromatic rings. The van der Waals surface area contributed by atoms with Crippen LogP contribution in [0.5, 0.6) is 5.75 Å². The number of nitrogens with one attached hydrogen (secondary N) is 1. The van der Waals surface area contributed by atoms with Gasteiger partial charge in [-0.1, -0.05) is 11.6 Å². The second kappa shape index (κ2) is 4.42. The molecule has 3 heteroatoms. The van der Waals surface area contributed by atoms with Crippen molar-refractivity contribution in [2.45, 2.75) is 26.4 Å². The first-order valence-electron chi connectivity index (χ1n) is 5.31. The predicted molar refractivity (Wildman–Crippen MR) is 62.8 cm³/mol. The number of hydrogen-bond acceptors (Lipinski definition) is 2. The third-order valence-corrected chi connectivity index (χ3v) is 3.32. The number of ether oxygens (including phenoxy) is 1. The molecule has 2 nitrogen and oxygen atoms in total. The molecule has 2 rings (SSSR count). The lowest BCUT2D eigenvalue weighted by Gasteiger charge is -2.14. The minimum absolute atomic E-state index is 0.310. The Labute approximate surface area is 95.6 Å². The van der Waals surface area contributed by atoms with E-state index < -0.39 is 0 Å². The summed E-state index contributed by atoms with van der Waals surface area (Å²) in [6.45, 7) is 6.02. The molecule has 1 aliphatic heterocycles. The van der Waals surface area contributed by atoms with E-state index in [1.54, 1.807) is 0 Å². The predicted octanol–water partition coefficient (Wildman–Crippen LogP) is 2.70. The molecule has 82 valence electrons. The van der Waals surface area contributed by atoms with Crippen LogP contribution >= 0.6 is 11.6 Å². The van der Waals surface area contributed by atoms with E-state index in [0.717, 1.165) is 41.4 Å². The highest BCUT2D eigenvalue weighted by Gasteiger charge is 2.16. The Morgan fingerprint density at radius 2 is 2.00 bits per heavy atom. The Balaban J connectivity index is 2.14. The number of rotatable bonds is 2. The van der Waals surface area contributed by atoms with Gasteiger partial charge in [0.25, 0.3) is 0 Å². The van der Waals surface area contributed by atoms with E-state index in [1.165, 1.54) is 0 Å². The summed E-state index contributed by atoms with van der Waals surface area (Å²) < 4.78 is 5.87. The van der Waals surface area contributed by atoms with Gasteiger partial charge in [0.2, 0.25) is 0 Å². The van der Waals surface area contributed by atoms with Crippen molar-refractivity contribution in [3.63, 3.8) is 0 Å². The summed E-state index contributed by atoms with van der Waals surface area (Å²) in [6, 6.07) is 4.02. The molecule has 0 aliphatic carbocycles. The molecule has 0 amide bonds. The molecule has 1 N–H and O–H groups in total. The summed E-state index contributed by atoms with van der Waals surface area (Å²) in [4.78, 5) is 0. The highest BCUT2D eigenvalue weighted by molar-refractivity contribution is 6.32. The Morgan fingerprint density at radius 3 is 2.53 bits per heavy atom. The largest absolute Gasteiger partial charge is 0.489 e. The smallest absolute Gasteiger partial charge is 0.120 e. The summed E-state index contributed by atoms with van der Waals surface area (Å²) in [5.41, 5.74) is 2.16. The molecular weight excluding hydrogens is 210 g/mol. The molecule has 1 unspecified atom stereocenters. The molecule has 0 spiro atoms. The fraction of sp³-hybridized carbons (Fsp3) is 0.500. The molecule has 1 saturated heterocycles. The van der Waals surface area contributed by atoms with Crippen molar-refractivity contribution < 1.29 is 4.74 Å². The van der Waals surface area contributed by atoms with Gasteiger partial charge in [-0.15, -0.1) is 0 Å². The van der Waals surface area contributed by atoms with Gasteiger partial charge in [-0.05, 0) is 50.1 Å². The third-order valence-electron chi connectivity index (χ3n) is 2.73. The van der Waals surface area contributed by atoms with Crippen LogP contribution in [0, 0.1) is 13.8 Å². The van der Waals surface area contributed by atoms with Crippen LogP contribution in [0.4, 0.5) is 0 Å². The molecule has 1 atom stereocenters. The van der Waals surface area contributed by atoms with Crippen LogP contribution in [0.3, 0.4) is 0 Å². The van der Waals surface area contributed by atoms with Gasteiger partial charge in [-0.2, -0.15) is 0 Å². The normalized spacial score (nSPS) is 20.6. The second-order valence-electron chi connectivity index (χ2n) is 4.10. The van der Waals surface area contributed by atoms with Crippen molar-refractivity contribution in [3.05, 3.63) is 28.3 Å². The van der Waals surface area contributed by atoms with E-state index in [-0.39, 0.29) is 0 Å². The lowest BCUT2D eigenvalue weighted by molar-refractivity contribution is 0.223. The Morgan fingerprint density at radius 1 is 1.33 bits per heavy atom. The number of halogens is 1. The fourth-order valence-corrected chi connectivity index (χ4v) is 2.00. The molecule has 0 radical (unpaired) electrons. The summed E-state index contributed by atoms with van der Waals surface area (Å²) in [7, 11) is 0. The van der Waals surface area contributed by atoms with Gasteiger partial charge >= 0.3 is 0 Å². The van der Waals surface area contributed by atoms with E-state index in [0.29, 0.717) is 6.10 Å². The summed E-state index contributed by atoms with van der Waals surface area (Å²) in [5.74, 6) is 0.933. The molecular formula is C12H16ClNO. The highest BCUT2D eigenvalue weighted by atomic mass is 35.5. The molecule has 15 heavy (non-hydrogen) atoms. The van der Waals surface area contributed by atoms with Gasteiger partial charge < -0.3 is 10.1 Å². The first kappa shape index (κ1) is 10.8. The number of aryl methyl sites for hydroxylation is 2.